The Labute approximate surface area is 127 Å². The van der Waals surface area contributed by atoms with Crippen LogP contribution in [-0.4, -0.2) is 47.6 Å². The van der Waals surface area contributed by atoms with Crippen molar-refractivity contribution in [3.63, 3.8) is 0 Å². The zero-order valence-corrected chi connectivity index (χ0v) is 13.3. The number of rotatable bonds is 2. The Hall–Kier alpha value is -1.36. The van der Waals surface area contributed by atoms with Crippen molar-refractivity contribution in [3.8, 4) is 0 Å². The van der Waals surface area contributed by atoms with Crippen LogP contribution < -0.4 is 10.6 Å². The molecule has 1 aromatic heterocycles. The highest BCUT2D eigenvalue weighted by Gasteiger charge is 2.25. The minimum atomic E-state index is 0.430. The van der Waals surface area contributed by atoms with Gasteiger partial charge >= 0.3 is 0 Å². The van der Waals surface area contributed by atoms with E-state index in [-0.39, 0.29) is 0 Å². The molecule has 5 nitrogen and oxygen atoms in total. The van der Waals surface area contributed by atoms with Crippen LogP contribution in [0, 0.1) is 0 Å². The summed E-state index contributed by atoms with van der Waals surface area (Å²) in [5, 5.41) is 0. The van der Waals surface area contributed by atoms with E-state index in [0.717, 1.165) is 31.1 Å². The smallest absolute Gasteiger partial charge is 0.222 e. The maximum absolute atomic E-state index is 5.99. The first-order valence-electron chi connectivity index (χ1n) is 8.23. The highest BCUT2D eigenvalue weighted by Crippen LogP contribution is 2.33. The van der Waals surface area contributed by atoms with Crippen molar-refractivity contribution in [1.29, 1.82) is 0 Å². The lowest BCUT2D eigenvalue weighted by Gasteiger charge is -2.39. The molecule has 0 spiro atoms. The highest BCUT2D eigenvalue weighted by molar-refractivity contribution is 5.45. The molecule has 1 saturated heterocycles. The second-order valence-electron chi connectivity index (χ2n) is 6.65. The van der Waals surface area contributed by atoms with Crippen molar-refractivity contribution in [2.24, 2.45) is 0 Å². The molecular weight excluding hydrogens is 262 g/mol. The van der Waals surface area contributed by atoms with Gasteiger partial charge in [0.25, 0.3) is 0 Å². The average molecular weight is 289 g/mol. The minimum Gasteiger partial charge on any atom is -0.368 e. The SMILES string of the molecule is C[C@@H]1CN(C)CCN1c1cc(C2CCCCC2)nc(N)n1. The number of hydrogen-bond acceptors (Lipinski definition) is 5. The number of hydrogen-bond donors (Lipinski definition) is 1. The van der Waals surface area contributed by atoms with Gasteiger partial charge in [-0.15, -0.1) is 0 Å². The lowest BCUT2D eigenvalue weighted by Crippen LogP contribution is -2.50. The molecule has 1 atom stereocenters. The van der Waals surface area contributed by atoms with Gasteiger partial charge in [-0.25, -0.2) is 4.98 Å². The molecule has 1 aliphatic heterocycles. The molecule has 0 aromatic carbocycles. The van der Waals surface area contributed by atoms with Crippen LogP contribution in [0.2, 0.25) is 0 Å². The van der Waals surface area contributed by atoms with Gasteiger partial charge in [-0.05, 0) is 26.8 Å². The summed E-state index contributed by atoms with van der Waals surface area (Å²) in [4.78, 5) is 13.8. The molecule has 0 bridgehead atoms. The van der Waals surface area contributed by atoms with Gasteiger partial charge in [0.15, 0.2) is 0 Å². The summed E-state index contributed by atoms with van der Waals surface area (Å²) in [6, 6.07) is 2.66. The van der Waals surface area contributed by atoms with E-state index in [1.807, 2.05) is 0 Å². The van der Waals surface area contributed by atoms with E-state index >= 15 is 0 Å². The molecule has 0 radical (unpaired) electrons. The van der Waals surface area contributed by atoms with E-state index in [1.165, 1.54) is 32.1 Å². The number of nitrogens with zero attached hydrogens (tertiary/aromatic N) is 4. The van der Waals surface area contributed by atoms with Crippen LogP contribution in [0.4, 0.5) is 11.8 Å². The predicted molar refractivity (Wildman–Crippen MR) is 86.6 cm³/mol. The molecule has 3 rings (SSSR count). The topological polar surface area (TPSA) is 58.3 Å². The van der Waals surface area contributed by atoms with Gasteiger partial charge in [0.1, 0.15) is 5.82 Å². The summed E-state index contributed by atoms with van der Waals surface area (Å²) in [5.41, 5.74) is 7.14. The maximum Gasteiger partial charge on any atom is 0.222 e. The van der Waals surface area contributed by atoms with Gasteiger partial charge in [-0.2, -0.15) is 4.98 Å². The quantitative estimate of drug-likeness (QED) is 0.905. The van der Waals surface area contributed by atoms with Gasteiger partial charge in [0.05, 0.1) is 5.69 Å². The van der Waals surface area contributed by atoms with Gasteiger partial charge < -0.3 is 15.5 Å². The molecule has 21 heavy (non-hydrogen) atoms. The molecule has 0 unspecified atom stereocenters. The van der Waals surface area contributed by atoms with Gasteiger partial charge in [-0.1, -0.05) is 19.3 Å². The Morgan fingerprint density at radius 1 is 1.14 bits per heavy atom. The Morgan fingerprint density at radius 2 is 1.90 bits per heavy atom. The Balaban J connectivity index is 1.83. The molecule has 2 fully saturated rings. The standard InChI is InChI=1S/C16H27N5/c1-12-11-20(2)8-9-21(12)15-10-14(18-16(17)19-15)13-6-4-3-5-7-13/h10,12-13H,3-9,11H2,1-2H3,(H2,17,18,19)/t12-/m1/s1. The van der Waals surface area contributed by atoms with Crippen molar-refractivity contribution in [2.45, 2.75) is 51.0 Å². The van der Waals surface area contributed by atoms with Gasteiger partial charge in [-0.3, -0.25) is 0 Å². The fraction of sp³-hybridized carbons (Fsp3) is 0.750. The van der Waals surface area contributed by atoms with E-state index < -0.39 is 0 Å². The first-order chi connectivity index (χ1) is 10.1. The Bertz CT molecular complexity index is 484. The molecular formula is C16H27N5. The number of likely N-dealkylation sites (N-methyl/N-ethyl adjacent to an activating group) is 1. The molecule has 5 heteroatoms. The van der Waals surface area contributed by atoms with E-state index in [4.69, 9.17) is 5.73 Å². The second-order valence-corrected chi connectivity index (χ2v) is 6.65. The third-order valence-electron chi connectivity index (χ3n) is 4.90. The Morgan fingerprint density at radius 3 is 2.62 bits per heavy atom. The van der Waals surface area contributed by atoms with Crippen LogP contribution >= 0.6 is 0 Å². The first kappa shape index (κ1) is 14.6. The zero-order valence-electron chi connectivity index (χ0n) is 13.3. The van der Waals surface area contributed by atoms with Crippen LogP contribution in [0.15, 0.2) is 6.07 Å². The fourth-order valence-corrected chi connectivity index (χ4v) is 3.71. The number of piperazine rings is 1. The Kier molecular flexibility index (Phi) is 4.29. The third kappa shape index (κ3) is 3.28. The van der Waals surface area contributed by atoms with Crippen molar-refractivity contribution in [1.82, 2.24) is 14.9 Å². The van der Waals surface area contributed by atoms with Crippen molar-refractivity contribution < 1.29 is 0 Å². The van der Waals surface area contributed by atoms with Crippen LogP contribution in [0.3, 0.4) is 0 Å². The molecule has 0 amide bonds. The zero-order chi connectivity index (χ0) is 14.8. The van der Waals surface area contributed by atoms with E-state index in [9.17, 15) is 0 Å². The van der Waals surface area contributed by atoms with Crippen molar-refractivity contribution >= 4 is 11.8 Å². The second kappa shape index (κ2) is 6.18. The molecule has 1 aromatic rings. The van der Waals surface area contributed by atoms with E-state index in [2.05, 4.69) is 39.8 Å². The maximum atomic E-state index is 5.99. The van der Waals surface area contributed by atoms with Gasteiger partial charge in [0, 0.05) is 37.7 Å². The monoisotopic (exact) mass is 289 g/mol. The summed E-state index contributed by atoms with van der Waals surface area (Å²) in [5.74, 6) is 2.02. The van der Waals surface area contributed by atoms with Crippen LogP contribution in [0.25, 0.3) is 0 Å². The van der Waals surface area contributed by atoms with Crippen LogP contribution in [0.1, 0.15) is 50.6 Å². The summed E-state index contributed by atoms with van der Waals surface area (Å²) in [7, 11) is 2.18. The van der Waals surface area contributed by atoms with Crippen LogP contribution in [0.5, 0.6) is 0 Å². The highest BCUT2D eigenvalue weighted by atomic mass is 15.3. The number of aromatic nitrogens is 2. The fourth-order valence-electron chi connectivity index (χ4n) is 3.71. The number of nitrogens with two attached hydrogens (primary N) is 1. The van der Waals surface area contributed by atoms with Gasteiger partial charge in [0.2, 0.25) is 5.95 Å². The minimum absolute atomic E-state index is 0.430. The molecule has 1 saturated carbocycles. The molecule has 2 heterocycles. The summed E-state index contributed by atoms with van der Waals surface area (Å²) in [6.07, 6.45) is 6.48. The van der Waals surface area contributed by atoms with E-state index in [1.54, 1.807) is 0 Å². The van der Waals surface area contributed by atoms with Crippen molar-refractivity contribution in [3.05, 3.63) is 11.8 Å². The van der Waals surface area contributed by atoms with Crippen molar-refractivity contribution in [2.75, 3.05) is 37.3 Å². The predicted octanol–water partition coefficient (Wildman–Crippen LogP) is 2.25. The summed E-state index contributed by atoms with van der Waals surface area (Å²) < 4.78 is 0. The molecule has 2 aliphatic rings. The van der Waals surface area contributed by atoms with Crippen LogP contribution in [-0.2, 0) is 0 Å². The molecule has 1 aliphatic carbocycles. The first-order valence-corrected chi connectivity index (χ1v) is 8.23. The lowest BCUT2D eigenvalue weighted by atomic mass is 9.87. The summed E-state index contributed by atoms with van der Waals surface area (Å²) in [6.45, 7) is 5.42. The lowest BCUT2D eigenvalue weighted by molar-refractivity contribution is 0.274. The average Bonchev–Trinajstić information content (AvgIpc) is 2.47. The molecule has 116 valence electrons. The third-order valence-corrected chi connectivity index (χ3v) is 4.90. The normalized spacial score (nSPS) is 25.2. The number of nitrogen functional groups attached to an aromatic ring is 1. The largest absolute Gasteiger partial charge is 0.368 e. The number of anilines is 2. The summed E-state index contributed by atoms with van der Waals surface area (Å²) >= 11 is 0. The van der Waals surface area contributed by atoms with E-state index in [0.29, 0.717) is 17.9 Å². The molecule has 2 N–H and O–H groups in total.